The number of unbranched alkanes of at least 4 members (excludes halogenated alkanes) is 7. The van der Waals surface area contributed by atoms with E-state index < -0.39 is 23.6 Å². The zero-order chi connectivity index (χ0) is 20.3. The maximum atomic E-state index is 12.7. The zero-order valence-electron chi connectivity index (χ0n) is 17.6. The normalized spacial score (nSPS) is 15.6. The molecule has 27 heavy (non-hydrogen) atoms. The molecule has 6 heteroatoms. The Labute approximate surface area is 164 Å². The molecule has 2 amide bonds. The van der Waals surface area contributed by atoms with E-state index in [1.807, 2.05) is 0 Å². The molecule has 0 radical (unpaired) electrons. The Balaban J connectivity index is 2.48. The van der Waals surface area contributed by atoms with Gasteiger partial charge in [-0.2, -0.15) is 0 Å². The van der Waals surface area contributed by atoms with Gasteiger partial charge in [-0.3, -0.25) is 9.59 Å². The molecule has 0 saturated carbocycles. The fourth-order valence-electron chi connectivity index (χ4n) is 3.24. The summed E-state index contributed by atoms with van der Waals surface area (Å²) >= 11 is 0. The van der Waals surface area contributed by atoms with Crippen LogP contribution in [-0.4, -0.2) is 41.6 Å². The summed E-state index contributed by atoms with van der Waals surface area (Å²) in [5.74, 6) is -1.23. The second-order valence-electron chi connectivity index (χ2n) is 8.36. The van der Waals surface area contributed by atoms with Gasteiger partial charge in [0.25, 0.3) is 0 Å². The maximum absolute atomic E-state index is 12.7. The summed E-state index contributed by atoms with van der Waals surface area (Å²) in [7, 11) is 0. The van der Waals surface area contributed by atoms with Gasteiger partial charge >= 0.3 is 12.1 Å². The number of esters is 1. The third kappa shape index (κ3) is 9.78. The van der Waals surface area contributed by atoms with E-state index in [1.54, 1.807) is 20.8 Å². The van der Waals surface area contributed by atoms with Gasteiger partial charge in [-0.25, -0.2) is 9.69 Å². The van der Waals surface area contributed by atoms with Crippen LogP contribution < -0.4 is 0 Å². The first kappa shape index (κ1) is 23.4. The van der Waals surface area contributed by atoms with Gasteiger partial charge in [0.2, 0.25) is 5.91 Å². The number of rotatable bonds is 12. The second kappa shape index (κ2) is 12.0. The molecule has 1 aliphatic rings. The summed E-state index contributed by atoms with van der Waals surface area (Å²) in [4.78, 5) is 37.7. The fraction of sp³-hybridized carbons (Fsp3) is 0.857. The number of imide groups is 1. The van der Waals surface area contributed by atoms with E-state index in [2.05, 4.69) is 6.92 Å². The molecule has 1 saturated heterocycles. The molecule has 1 heterocycles. The molecule has 0 aromatic rings. The van der Waals surface area contributed by atoms with Crippen molar-refractivity contribution in [1.29, 1.82) is 0 Å². The highest BCUT2D eigenvalue weighted by atomic mass is 16.6. The smallest absolute Gasteiger partial charge is 0.416 e. The van der Waals surface area contributed by atoms with Crippen LogP contribution >= 0.6 is 0 Å². The Morgan fingerprint density at radius 1 is 1.07 bits per heavy atom. The van der Waals surface area contributed by atoms with Crippen molar-refractivity contribution in [2.24, 2.45) is 5.92 Å². The van der Waals surface area contributed by atoms with E-state index >= 15 is 0 Å². The van der Waals surface area contributed by atoms with E-state index in [4.69, 9.17) is 9.47 Å². The van der Waals surface area contributed by atoms with Crippen LogP contribution in [0.2, 0.25) is 0 Å². The predicted octanol–water partition coefficient (Wildman–Crippen LogP) is 4.84. The molecule has 1 fully saturated rings. The molecule has 0 aromatic heterocycles. The van der Waals surface area contributed by atoms with Gasteiger partial charge in [0.15, 0.2) is 0 Å². The van der Waals surface area contributed by atoms with Crippen molar-refractivity contribution in [2.45, 2.75) is 97.5 Å². The first-order valence-electron chi connectivity index (χ1n) is 10.4. The molecule has 1 rings (SSSR count). The molecule has 0 unspecified atom stereocenters. The highest BCUT2D eigenvalue weighted by Gasteiger charge is 2.35. The minimum absolute atomic E-state index is 0.0103. The highest BCUT2D eigenvalue weighted by Crippen LogP contribution is 2.22. The molecule has 0 spiro atoms. The van der Waals surface area contributed by atoms with Gasteiger partial charge in [0.05, 0.1) is 13.0 Å². The number of carbonyl (C=O) groups excluding carboxylic acids is 3. The minimum atomic E-state index is -0.606. The monoisotopic (exact) mass is 383 g/mol. The number of hydrogen-bond donors (Lipinski definition) is 0. The van der Waals surface area contributed by atoms with Crippen molar-refractivity contribution >= 4 is 18.0 Å². The molecule has 1 aliphatic heterocycles. The predicted molar refractivity (Wildman–Crippen MR) is 104 cm³/mol. The van der Waals surface area contributed by atoms with Crippen LogP contribution in [0.15, 0.2) is 0 Å². The lowest BCUT2D eigenvalue weighted by atomic mass is 9.95. The number of ether oxygens (including phenoxy) is 2. The molecule has 156 valence electrons. The Morgan fingerprint density at radius 3 is 2.19 bits per heavy atom. The highest BCUT2D eigenvalue weighted by molar-refractivity contribution is 5.95. The lowest BCUT2D eigenvalue weighted by Crippen LogP contribution is -2.38. The number of nitrogens with zero attached hydrogens (tertiary/aromatic N) is 1. The molecule has 1 atom stereocenters. The van der Waals surface area contributed by atoms with E-state index in [0.29, 0.717) is 6.42 Å². The van der Waals surface area contributed by atoms with E-state index in [1.165, 1.54) is 32.1 Å². The first-order chi connectivity index (χ1) is 12.7. The Morgan fingerprint density at radius 2 is 1.67 bits per heavy atom. The van der Waals surface area contributed by atoms with Crippen LogP contribution in [0.25, 0.3) is 0 Å². The van der Waals surface area contributed by atoms with Gasteiger partial charge in [0, 0.05) is 5.92 Å². The molecule has 0 aromatic carbocycles. The number of amides is 2. The fourth-order valence-corrected chi connectivity index (χ4v) is 3.24. The van der Waals surface area contributed by atoms with Gasteiger partial charge < -0.3 is 9.47 Å². The van der Waals surface area contributed by atoms with Gasteiger partial charge in [0.1, 0.15) is 12.2 Å². The maximum Gasteiger partial charge on any atom is 0.416 e. The average Bonchev–Trinajstić information content (AvgIpc) is 3.00. The summed E-state index contributed by atoms with van der Waals surface area (Å²) < 4.78 is 10.2. The second-order valence-corrected chi connectivity index (χ2v) is 8.36. The third-order valence-electron chi connectivity index (χ3n) is 4.62. The van der Waals surface area contributed by atoms with Crippen LogP contribution in [0.5, 0.6) is 0 Å². The number of carbonyl (C=O) groups is 3. The lowest BCUT2D eigenvalue weighted by Gasteiger charge is -2.23. The molecular formula is C21H37NO5. The van der Waals surface area contributed by atoms with Crippen molar-refractivity contribution in [3.63, 3.8) is 0 Å². The van der Waals surface area contributed by atoms with E-state index in [0.717, 1.165) is 24.2 Å². The summed E-state index contributed by atoms with van der Waals surface area (Å²) in [6, 6.07) is 0. The van der Waals surface area contributed by atoms with Crippen LogP contribution in [0.4, 0.5) is 4.79 Å². The van der Waals surface area contributed by atoms with E-state index in [9.17, 15) is 14.4 Å². The number of cyclic esters (lactones) is 1. The SMILES string of the molecule is CCCCCCCCCC[C@H](CC(=O)OC(C)(C)C)C(=O)N1CCOC1=O. The summed E-state index contributed by atoms with van der Waals surface area (Å²) in [5, 5.41) is 0. The third-order valence-corrected chi connectivity index (χ3v) is 4.62. The van der Waals surface area contributed by atoms with Gasteiger partial charge in [-0.05, 0) is 27.2 Å². The Bertz CT molecular complexity index is 483. The average molecular weight is 384 g/mol. The lowest BCUT2D eigenvalue weighted by molar-refractivity contribution is -0.158. The van der Waals surface area contributed by atoms with Crippen molar-refractivity contribution in [3.05, 3.63) is 0 Å². The van der Waals surface area contributed by atoms with Crippen molar-refractivity contribution < 1.29 is 23.9 Å². The molecule has 0 N–H and O–H groups in total. The Hall–Kier alpha value is -1.59. The molecular weight excluding hydrogens is 346 g/mol. The molecule has 0 aliphatic carbocycles. The van der Waals surface area contributed by atoms with Crippen LogP contribution in [0.3, 0.4) is 0 Å². The number of hydrogen-bond acceptors (Lipinski definition) is 5. The summed E-state index contributed by atoms with van der Waals surface area (Å²) in [5.41, 5.74) is -0.588. The molecule has 0 bridgehead atoms. The first-order valence-corrected chi connectivity index (χ1v) is 10.4. The van der Waals surface area contributed by atoms with Crippen molar-refractivity contribution in [1.82, 2.24) is 4.90 Å². The van der Waals surface area contributed by atoms with E-state index in [-0.39, 0.29) is 25.5 Å². The van der Waals surface area contributed by atoms with Crippen LogP contribution in [-0.2, 0) is 19.1 Å². The Kier molecular flexibility index (Phi) is 10.4. The zero-order valence-corrected chi connectivity index (χ0v) is 17.6. The quantitative estimate of drug-likeness (QED) is 0.356. The van der Waals surface area contributed by atoms with Crippen molar-refractivity contribution in [3.8, 4) is 0 Å². The topological polar surface area (TPSA) is 72.9 Å². The summed E-state index contributed by atoms with van der Waals surface area (Å²) in [6.45, 7) is 8.10. The largest absolute Gasteiger partial charge is 0.460 e. The van der Waals surface area contributed by atoms with Crippen molar-refractivity contribution in [2.75, 3.05) is 13.2 Å². The van der Waals surface area contributed by atoms with Crippen LogP contribution in [0.1, 0.15) is 91.9 Å². The summed E-state index contributed by atoms with van der Waals surface area (Å²) in [6.07, 6.45) is 9.33. The molecule has 6 nitrogen and oxygen atoms in total. The minimum Gasteiger partial charge on any atom is -0.460 e. The standard InChI is InChI=1S/C21H37NO5/c1-5-6-7-8-9-10-11-12-13-17(16-18(23)27-21(2,3)4)19(24)22-14-15-26-20(22)25/h17H,5-16H2,1-4H3/t17-/m1/s1. The van der Waals surface area contributed by atoms with Gasteiger partial charge in [-0.15, -0.1) is 0 Å². The van der Waals surface area contributed by atoms with Gasteiger partial charge in [-0.1, -0.05) is 58.3 Å². The van der Waals surface area contributed by atoms with Crippen LogP contribution in [0, 0.1) is 5.92 Å².